The van der Waals surface area contributed by atoms with Crippen molar-refractivity contribution in [2.75, 3.05) is 13.1 Å². The summed E-state index contributed by atoms with van der Waals surface area (Å²) in [6, 6.07) is 15.2. The largest absolute Gasteiger partial charge is 0.489 e. The Bertz CT molecular complexity index is 1180. The molecule has 1 saturated heterocycles. The zero-order valence-electron chi connectivity index (χ0n) is 18.7. The number of amides is 1. The minimum atomic E-state index is -3.56. The monoisotopic (exact) mass is 469 g/mol. The molecule has 0 spiro atoms. The number of hydrogen-bond acceptors (Lipinski definition) is 6. The number of nitrogens with one attached hydrogen (secondary N) is 1. The minimum Gasteiger partial charge on any atom is -0.489 e. The van der Waals surface area contributed by atoms with E-state index in [0.29, 0.717) is 43.9 Å². The normalized spacial score (nSPS) is 14.9. The van der Waals surface area contributed by atoms with E-state index in [4.69, 9.17) is 9.26 Å². The number of sulfonamides is 1. The van der Waals surface area contributed by atoms with Gasteiger partial charge in [-0.2, -0.15) is 0 Å². The van der Waals surface area contributed by atoms with Gasteiger partial charge < -0.3 is 14.2 Å². The van der Waals surface area contributed by atoms with Crippen LogP contribution in [0.5, 0.6) is 5.75 Å². The molecule has 0 aliphatic carbocycles. The van der Waals surface area contributed by atoms with Crippen molar-refractivity contribution in [1.82, 2.24) is 14.8 Å². The van der Waals surface area contributed by atoms with Gasteiger partial charge in [0, 0.05) is 24.7 Å². The smallest absolute Gasteiger partial charge is 0.253 e. The maximum absolute atomic E-state index is 12.9. The highest BCUT2D eigenvalue weighted by Crippen LogP contribution is 2.20. The number of hydrogen-bond donors (Lipinski definition) is 1. The van der Waals surface area contributed by atoms with Crippen molar-refractivity contribution in [2.24, 2.45) is 0 Å². The van der Waals surface area contributed by atoms with Gasteiger partial charge >= 0.3 is 0 Å². The fourth-order valence-corrected chi connectivity index (χ4v) is 5.15. The number of nitrogens with zero attached hydrogens (tertiary/aromatic N) is 2. The first-order chi connectivity index (χ1) is 15.8. The van der Waals surface area contributed by atoms with Crippen LogP contribution in [0.2, 0.25) is 0 Å². The third kappa shape index (κ3) is 5.43. The number of aryl methyl sites for hydroxylation is 2. The summed E-state index contributed by atoms with van der Waals surface area (Å²) in [6.45, 7) is 5.04. The van der Waals surface area contributed by atoms with Gasteiger partial charge in [0.15, 0.2) is 0 Å². The van der Waals surface area contributed by atoms with Gasteiger partial charge in [0.05, 0.1) is 16.2 Å². The first-order valence-electron chi connectivity index (χ1n) is 10.8. The predicted molar refractivity (Wildman–Crippen MR) is 122 cm³/mol. The van der Waals surface area contributed by atoms with E-state index in [1.165, 1.54) is 0 Å². The molecule has 3 aromatic rings. The van der Waals surface area contributed by atoms with E-state index in [0.717, 1.165) is 17.0 Å². The molecule has 1 aliphatic heterocycles. The van der Waals surface area contributed by atoms with Crippen molar-refractivity contribution in [3.8, 4) is 5.75 Å². The van der Waals surface area contributed by atoms with Gasteiger partial charge in [-0.3, -0.25) is 4.79 Å². The third-order valence-corrected chi connectivity index (χ3v) is 7.36. The Morgan fingerprint density at radius 2 is 1.76 bits per heavy atom. The summed E-state index contributed by atoms with van der Waals surface area (Å²) in [5, 5.41) is 3.91. The Morgan fingerprint density at radius 3 is 2.36 bits per heavy atom. The lowest BCUT2D eigenvalue weighted by molar-refractivity contribution is 0.0711. The van der Waals surface area contributed by atoms with E-state index in [1.54, 1.807) is 59.5 Å². The molecule has 2 heterocycles. The molecule has 1 fully saturated rings. The molecule has 2 aromatic carbocycles. The van der Waals surface area contributed by atoms with Crippen molar-refractivity contribution >= 4 is 15.9 Å². The molecule has 1 aromatic heterocycles. The topological polar surface area (TPSA) is 102 Å². The molecule has 33 heavy (non-hydrogen) atoms. The van der Waals surface area contributed by atoms with E-state index >= 15 is 0 Å². The number of ether oxygens (including phenoxy) is 1. The van der Waals surface area contributed by atoms with Crippen LogP contribution in [0, 0.1) is 13.8 Å². The second-order valence-electron chi connectivity index (χ2n) is 8.12. The van der Waals surface area contributed by atoms with Crippen molar-refractivity contribution < 1.29 is 22.5 Å². The van der Waals surface area contributed by atoms with Crippen molar-refractivity contribution in [3.63, 3.8) is 0 Å². The van der Waals surface area contributed by atoms with Crippen LogP contribution in [-0.2, 0) is 16.6 Å². The molecule has 0 atom stereocenters. The average Bonchev–Trinajstić information content (AvgIpc) is 3.15. The summed E-state index contributed by atoms with van der Waals surface area (Å²) in [7, 11) is -3.56. The Kier molecular flexibility index (Phi) is 6.80. The molecule has 4 rings (SSSR count). The SMILES string of the molecule is Cc1noc(C)c1COc1ccc(C(=O)N2CCC(NS(=O)(=O)c3ccccc3)CC2)cc1. The van der Waals surface area contributed by atoms with Gasteiger partial charge in [0.25, 0.3) is 5.91 Å². The van der Waals surface area contributed by atoms with Gasteiger partial charge in [0.1, 0.15) is 18.1 Å². The average molecular weight is 470 g/mol. The first kappa shape index (κ1) is 23.0. The molecule has 1 amide bonds. The zero-order chi connectivity index (χ0) is 23.4. The molecule has 0 radical (unpaired) electrons. The van der Waals surface area contributed by atoms with Crippen molar-refractivity contribution in [3.05, 3.63) is 77.2 Å². The Balaban J connectivity index is 1.29. The number of carbonyl (C=O) groups excluding carboxylic acids is 1. The maximum Gasteiger partial charge on any atom is 0.253 e. The van der Waals surface area contributed by atoms with Crippen LogP contribution >= 0.6 is 0 Å². The molecular weight excluding hydrogens is 442 g/mol. The summed E-state index contributed by atoms with van der Waals surface area (Å²) in [5.41, 5.74) is 2.29. The molecule has 1 N–H and O–H groups in total. The highest BCUT2D eigenvalue weighted by Gasteiger charge is 2.27. The van der Waals surface area contributed by atoms with Gasteiger partial charge in [-0.05, 0) is 63.1 Å². The third-order valence-electron chi connectivity index (χ3n) is 5.82. The molecule has 0 unspecified atom stereocenters. The van der Waals surface area contributed by atoms with E-state index < -0.39 is 10.0 Å². The number of rotatable bonds is 7. The van der Waals surface area contributed by atoms with Gasteiger partial charge in [0.2, 0.25) is 10.0 Å². The van der Waals surface area contributed by atoms with Crippen LogP contribution in [0.25, 0.3) is 0 Å². The summed E-state index contributed by atoms with van der Waals surface area (Å²) in [4.78, 5) is 14.9. The first-order valence-corrected chi connectivity index (χ1v) is 12.3. The van der Waals surface area contributed by atoms with Gasteiger partial charge in [-0.25, -0.2) is 13.1 Å². The second kappa shape index (κ2) is 9.76. The maximum atomic E-state index is 12.9. The Labute approximate surface area is 193 Å². The zero-order valence-corrected chi connectivity index (χ0v) is 19.5. The standard InChI is InChI=1S/C24H27N3O5S/c1-17-23(18(2)32-25-17)16-31-21-10-8-19(9-11-21)24(28)27-14-12-20(13-15-27)26-33(29,30)22-6-4-3-5-7-22/h3-11,20,26H,12-16H2,1-2H3. The Morgan fingerprint density at radius 1 is 1.09 bits per heavy atom. The van der Waals surface area contributed by atoms with E-state index in [1.807, 2.05) is 13.8 Å². The summed E-state index contributed by atoms with van der Waals surface area (Å²) in [5.74, 6) is 1.31. The van der Waals surface area contributed by atoms with Crippen LogP contribution in [-0.4, -0.2) is 43.5 Å². The summed E-state index contributed by atoms with van der Waals surface area (Å²) in [6.07, 6.45) is 1.13. The van der Waals surface area contributed by atoms with Crippen LogP contribution in [0.3, 0.4) is 0 Å². The summed E-state index contributed by atoms with van der Waals surface area (Å²) >= 11 is 0. The van der Waals surface area contributed by atoms with E-state index in [9.17, 15) is 13.2 Å². The molecule has 8 nitrogen and oxygen atoms in total. The highest BCUT2D eigenvalue weighted by atomic mass is 32.2. The molecule has 1 aliphatic rings. The lowest BCUT2D eigenvalue weighted by Gasteiger charge is -2.32. The van der Waals surface area contributed by atoms with Crippen LogP contribution in [0.4, 0.5) is 0 Å². The number of piperidine rings is 1. The fourth-order valence-electron chi connectivity index (χ4n) is 3.83. The molecule has 9 heteroatoms. The van der Waals surface area contributed by atoms with Crippen LogP contribution in [0.1, 0.15) is 40.2 Å². The molecular formula is C24H27N3O5S. The quantitative estimate of drug-likeness (QED) is 0.569. The van der Waals surface area contributed by atoms with Gasteiger partial charge in [-0.15, -0.1) is 0 Å². The van der Waals surface area contributed by atoms with Crippen molar-refractivity contribution in [2.45, 2.75) is 44.2 Å². The van der Waals surface area contributed by atoms with Crippen LogP contribution < -0.4 is 9.46 Å². The lowest BCUT2D eigenvalue weighted by atomic mass is 10.0. The molecule has 174 valence electrons. The second-order valence-corrected chi connectivity index (χ2v) is 9.83. The number of carbonyl (C=O) groups is 1. The fraction of sp³-hybridized carbons (Fsp3) is 0.333. The summed E-state index contributed by atoms with van der Waals surface area (Å²) < 4.78 is 38.7. The number of likely N-dealkylation sites (tertiary alicyclic amines) is 1. The number of benzene rings is 2. The lowest BCUT2D eigenvalue weighted by Crippen LogP contribution is -2.46. The van der Waals surface area contributed by atoms with Gasteiger partial charge in [-0.1, -0.05) is 23.4 Å². The number of aromatic nitrogens is 1. The molecule has 0 bridgehead atoms. The van der Waals surface area contributed by atoms with E-state index in [-0.39, 0.29) is 16.8 Å². The minimum absolute atomic E-state index is 0.0726. The van der Waals surface area contributed by atoms with Crippen molar-refractivity contribution in [1.29, 1.82) is 0 Å². The highest BCUT2D eigenvalue weighted by molar-refractivity contribution is 7.89. The van der Waals surface area contributed by atoms with Crippen LogP contribution in [0.15, 0.2) is 64.0 Å². The molecule has 0 saturated carbocycles. The Hall–Kier alpha value is -3.17. The van der Waals surface area contributed by atoms with E-state index in [2.05, 4.69) is 9.88 Å². The predicted octanol–water partition coefficient (Wildman–Crippen LogP) is 3.45.